The van der Waals surface area contributed by atoms with E-state index >= 15 is 0 Å². The summed E-state index contributed by atoms with van der Waals surface area (Å²) in [5, 5.41) is 52.1. The fourth-order valence-electron chi connectivity index (χ4n) is 4.98. The van der Waals surface area contributed by atoms with Crippen LogP contribution < -0.4 is 20.1 Å². The third-order valence-corrected chi connectivity index (χ3v) is 10.2. The predicted molar refractivity (Wildman–Crippen MR) is 196 cm³/mol. The average molecular weight is 881 g/mol. The number of nitro benzene ring substituents is 1. The number of hydrogen-bond donors (Lipinski definition) is 8. The van der Waals surface area contributed by atoms with Gasteiger partial charge in [-0.05, 0) is 48.5 Å². The molecule has 5 aromatic rings. The summed E-state index contributed by atoms with van der Waals surface area (Å²) >= 11 is 0. The first-order valence-corrected chi connectivity index (χ1v) is 19.8. The molecule has 0 saturated carbocycles. The Morgan fingerprint density at radius 2 is 1.49 bits per heavy atom. The highest BCUT2D eigenvalue weighted by atomic mass is 32.2. The smallest absolute Gasteiger partial charge is 0.328 e. The van der Waals surface area contributed by atoms with Crippen LogP contribution in [0, 0.1) is 10.1 Å². The number of phenols is 1. The maximum atomic E-state index is 12.6. The summed E-state index contributed by atoms with van der Waals surface area (Å²) in [7, 11) is -14.5. The molecule has 8 N–H and O–H groups in total. The molecule has 0 aliphatic rings. The third-order valence-electron chi connectivity index (χ3n) is 7.54. The second-order valence-corrected chi connectivity index (χ2v) is 15.6. The van der Waals surface area contributed by atoms with E-state index in [9.17, 15) is 73.9 Å². The molecule has 5 rings (SSSR count). The molecule has 310 valence electrons. The number of aromatic nitrogens is 3. The Bertz CT molecular complexity index is 2910. The van der Waals surface area contributed by atoms with Crippen LogP contribution in [0.2, 0.25) is 0 Å². The molecular weight excluding hydrogens is 857 g/mol. The standard InChI is InChI=1S/C30H24N8O18S3/c1-55-20-8-6-15(57(46,47)48)10-18(20)36-37-25-22(59(52,53)54)11-16-21(58(49,50)51)9-7-17(24(16)26(25)41)31-28-33-29(32-19(27(42)43)12-23(39)40)35-30(34-28)56-14-4-2-13(3-5-14)38(44)45/h2-11,19,41H,12H2,1H3,(H,39,40)(H,42,43)(H,46,47,48)(H,49,50,51)(H,52,53,54)(H2,31,32,33,34,35). The van der Waals surface area contributed by atoms with E-state index in [0.717, 1.165) is 55.6 Å². The molecular formula is C30H24N8O18S3. The molecule has 1 atom stereocenters. The number of methoxy groups -OCH3 is 1. The van der Waals surface area contributed by atoms with Crippen molar-refractivity contribution in [2.75, 3.05) is 17.7 Å². The van der Waals surface area contributed by atoms with E-state index in [1.807, 2.05) is 0 Å². The summed E-state index contributed by atoms with van der Waals surface area (Å²) in [6.07, 6.45) is -1.00. The normalized spacial score (nSPS) is 12.5. The van der Waals surface area contributed by atoms with Crippen molar-refractivity contribution in [1.29, 1.82) is 0 Å². The molecule has 0 fully saturated rings. The number of carboxylic acid groups (broad SMARTS) is 2. The van der Waals surface area contributed by atoms with Crippen LogP contribution in [0.1, 0.15) is 6.42 Å². The average Bonchev–Trinajstić information content (AvgIpc) is 3.12. The fraction of sp³-hybridized carbons (Fsp3) is 0.100. The molecule has 0 saturated heterocycles. The number of fused-ring (bicyclic) bond motifs is 1. The molecule has 1 unspecified atom stereocenters. The summed E-state index contributed by atoms with van der Waals surface area (Å²) < 4.78 is 114. The summed E-state index contributed by atoms with van der Waals surface area (Å²) in [4.78, 5) is 42.3. The lowest BCUT2D eigenvalue weighted by Crippen LogP contribution is -2.32. The number of nitrogens with one attached hydrogen (secondary N) is 2. The predicted octanol–water partition coefficient (Wildman–Crippen LogP) is 3.68. The second kappa shape index (κ2) is 16.4. The van der Waals surface area contributed by atoms with Crippen molar-refractivity contribution in [3.63, 3.8) is 0 Å². The van der Waals surface area contributed by atoms with Crippen LogP contribution in [0.3, 0.4) is 0 Å². The van der Waals surface area contributed by atoms with Gasteiger partial charge in [-0.1, -0.05) is 0 Å². The van der Waals surface area contributed by atoms with Gasteiger partial charge >= 0.3 is 17.9 Å². The zero-order valence-electron chi connectivity index (χ0n) is 29.0. The Labute approximate surface area is 329 Å². The minimum absolute atomic E-state index is 0.119. The van der Waals surface area contributed by atoms with Crippen LogP contribution in [0.15, 0.2) is 85.6 Å². The van der Waals surface area contributed by atoms with Gasteiger partial charge in [-0.2, -0.15) is 40.2 Å². The van der Waals surface area contributed by atoms with Gasteiger partial charge in [-0.25, -0.2) is 4.79 Å². The first kappa shape index (κ1) is 43.0. The quantitative estimate of drug-likeness (QED) is 0.0303. The highest BCUT2D eigenvalue weighted by Crippen LogP contribution is 2.47. The minimum atomic E-state index is -5.47. The van der Waals surface area contributed by atoms with Crippen molar-refractivity contribution >= 4 is 87.7 Å². The van der Waals surface area contributed by atoms with Gasteiger partial charge in [0.25, 0.3) is 36.0 Å². The zero-order chi connectivity index (χ0) is 43.6. The topological polar surface area (TPSA) is 407 Å². The number of ether oxygens (including phenoxy) is 2. The number of phenolic OH excluding ortho intramolecular Hbond substituents is 1. The lowest BCUT2D eigenvalue weighted by molar-refractivity contribution is -0.384. The van der Waals surface area contributed by atoms with E-state index < -0.39 is 126 Å². The molecule has 0 radical (unpaired) electrons. The van der Waals surface area contributed by atoms with E-state index in [2.05, 4.69) is 35.8 Å². The Kier molecular flexibility index (Phi) is 11.9. The maximum absolute atomic E-state index is 12.6. The number of aliphatic carboxylic acids is 2. The zero-order valence-corrected chi connectivity index (χ0v) is 31.5. The lowest BCUT2D eigenvalue weighted by Gasteiger charge is -2.17. The number of rotatable bonds is 16. The molecule has 1 heterocycles. The van der Waals surface area contributed by atoms with Crippen LogP contribution >= 0.6 is 0 Å². The van der Waals surface area contributed by atoms with Crippen LogP contribution in [0.5, 0.6) is 23.3 Å². The molecule has 26 nitrogen and oxygen atoms in total. The number of aromatic hydroxyl groups is 1. The third kappa shape index (κ3) is 10.0. The number of nitrogens with zero attached hydrogens (tertiary/aromatic N) is 6. The Balaban J connectivity index is 1.74. The van der Waals surface area contributed by atoms with E-state index in [0.29, 0.717) is 12.1 Å². The first-order valence-electron chi connectivity index (χ1n) is 15.5. The Morgan fingerprint density at radius 3 is 2.05 bits per heavy atom. The summed E-state index contributed by atoms with van der Waals surface area (Å²) in [5.41, 5.74) is -2.39. The van der Waals surface area contributed by atoms with Crippen molar-refractivity contribution in [1.82, 2.24) is 15.0 Å². The molecule has 4 aromatic carbocycles. The van der Waals surface area contributed by atoms with Crippen molar-refractivity contribution in [2.24, 2.45) is 10.2 Å². The van der Waals surface area contributed by atoms with Gasteiger partial charge in [0, 0.05) is 17.5 Å². The van der Waals surface area contributed by atoms with Gasteiger partial charge in [0.1, 0.15) is 38.7 Å². The van der Waals surface area contributed by atoms with E-state index in [4.69, 9.17) is 9.47 Å². The van der Waals surface area contributed by atoms with Crippen molar-refractivity contribution in [3.8, 4) is 23.3 Å². The highest BCUT2D eigenvalue weighted by Gasteiger charge is 2.29. The SMILES string of the molecule is COc1ccc(S(=O)(=O)O)cc1N=Nc1c(S(=O)(=O)O)cc2c(S(=O)(=O)O)ccc(Nc3nc(NC(CC(=O)O)C(=O)O)nc(Oc4ccc([N+](=O)[O-])cc4)n3)c2c1O. The molecule has 0 aliphatic heterocycles. The van der Waals surface area contributed by atoms with E-state index in [-0.39, 0.29) is 17.2 Å². The van der Waals surface area contributed by atoms with Crippen LogP contribution in [0.25, 0.3) is 10.8 Å². The summed E-state index contributed by atoms with van der Waals surface area (Å²) in [6.45, 7) is 0. The molecule has 1 aromatic heterocycles. The molecule has 0 spiro atoms. The van der Waals surface area contributed by atoms with Crippen LogP contribution in [-0.4, -0.2) is 99.2 Å². The van der Waals surface area contributed by atoms with Gasteiger partial charge in [0.15, 0.2) is 5.75 Å². The number of anilines is 3. The number of hydrogen-bond acceptors (Lipinski definition) is 20. The molecule has 59 heavy (non-hydrogen) atoms. The first-order chi connectivity index (χ1) is 27.5. The van der Waals surface area contributed by atoms with Crippen molar-refractivity contribution in [3.05, 3.63) is 70.8 Å². The lowest BCUT2D eigenvalue weighted by atomic mass is 10.1. The number of azo groups is 1. The number of non-ortho nitro benzene ring substituents is 1. The minimum Gasteiger partial charge on any atom is -0.505 e. The second-order valence-electron chi connectivity index (χ2n) is 11.4. The fourth-order valence-corrected chi connectivity index (χ4v) is 6.81. The molecule has 0 bridgehead atoms. The Hall–Kier alpha value is -7.18. The van der Waals surface area contributed by atoms with Gasteiger partial charge in [0.05, 0.1) is 34.4 Å². The van der Waals surface area contributed by atoms with Crippen LogP contribution in [-0.2, 0) is 39.9 Å². The summed E-state index contributed by atoms with van der Waals surface area (Å²) in [5.74, 6) is -6.14. The number of benzene rings is 4. The van der Waals surface area contributed by atoms with Crippen molar-refractivity contribution < 1.29 is 78.2 Å². The summed E-state index contributed by atoms with van der Waals surface area (Å²) in [6, 6.07) is 6.55. The monoisotopic (exact) mass is 880 g/mol. The van der Waals surface area contributed by atoms with Gasteiger partial charge < -0.3 is 35.4 Å². The largest absolute Gasteiger partial charge is 0.505 e. The van der Waals surface area contributed by atoms with Gasteiger partial charge in [-0.3, -0.25) is 28.6 Å². The maximum Gasteiger partial charge on any atom is 0.328 e. The van der Waals surface area contributed by atoms with E-state index in [1.165, 1.54) is 0 Å². The van der Waals surface area contributed by atoms with Crippen LogP contribution in [0.4, 0.5) is 34.6 Å². The van der Waals surface area contributed by atoms with E-state index in [1.54, 1.807) is 0 Å². The molecule has 0 aliphatic carbocycles. The van der Waals surface area contributed by atoms with Gasteiger partial charge in [0.2, 0.25) is 11.9 Å². The number of carbonyl (C=O) groups is 2. The van der Waals surface area contributed by atoms with Gasteiger partial charge in [-0.15, -0.1) is 10.2 Å². The number of nitro groups is 1. The molecule has 29 heteroatoms. The molecule has 0 amide bonds. The van der Waals surface area contributed by atoms with Crippen molar-refractivity contribution in [2.45, 2.75) is 27.1 Å². The number of carboxylic acids is 2. The highest BCUT2D eigenvalue weighted by molar-refractivity contribution is 7.86. The Morgan fingerprint density at radius 1 is 0.847 bits per heavy atom.